The maximum absolute atomic E-state index is 7.12. The third-order valence-corrected chi connectivity index (χ3v) is 38.7. The molecule has 0 saturated carbocycles. The zero-order valence-corrected chi connectivity index (χ0v) is 80.2. The molecule has 0 fully saturated rings. The third-order valence-electron chi connectivity index (χ3n) is 29.8. The van der Waals surface area contributed by atoms with Gasteiger partial charge in [-0.3, -0.25) is 0 Å². The van der Waals surface area contributed by atoms with Gasteiger partial charge in [0.05, 0.1) is 85.1 Å². The van der Waals surface area contributed by atoms with Crippen molar-refractivity contribution in [3.8, 4) is 44.5 Å². The highest BCUT2D eigenvalue weighted by Crippen LogP contribution is 2.57. The zero-order chi connectivity index (χ0) is 93.9. The molecule has 4 aromatic heterocycles. The van der Waals surface area contributed by atoms with Crippen molar-refractivity contribution < 1.29 is 17.7 Å². The number of hydrogen-bond donors (Lipinski definition) is 0. The molecule has 0 spiro atoms. The molecule has 28 rings (SSSR count). The SMILES string of the molecule is C[Si](C[Si](C)(C)c1ccc(-c2ccccc2N(c2ccc3ccc4c(N(c5ccccc5-c5ccccc5)c5cccc6c5oc5ccccc56)ccc5ccc2c3c54)c2cccc3c2oc2ccccc23)cc1)c1ccc(-c2ccccc2N(c2ccc3ccc4c(N(c5ccccc5-c5ccccc5)c5cccc6c5oc5ccccc56)ccc5ccc2c3c54)c2cccc3c2oc2ccccc23)cc1. The molecule has 0 atom stereocenters. The molecule has 8 nitrogen and oxygen atoms in total. The minimum atomic E-state index is -2.13. The summed E-state index contributed by atoms with van der Waals surface area (Å²) in [6, 6.07) is 174. The lowest BCUT2D eigenvalue weighted by molar-refractivity contribution is 0.669. The predicted molar refractivity (Wildman–Crippen MR) is 603 cm³/mol. The van der Waals surface area contributed by atoms with E-state index in [1.54, 1.807) is 0 Å². The summed E-state index contributed by atoms with van der Waals surface area (Å²) >= 11 is 0. The van der Waals surface area contributed by atoms with E-state index in [0.29, 0.717) is 0 Å². The van der Waals surface area contributed by atoms with Gasteiger partial charge in [0.15, 0.2) is 22.3 Å². The number of furan rings is 4. The Hall–Kier alpha value is -17.8. The second-order valence-electron chi connectivity index (χ2n) is 38.3. The Bertz CT molecular complexity index is 9890. The Balaban J connectivity index is 0.528. The lowest BCUT2D eigenvalue weighted by Crippen LogP contribution is -2.47. The van der Waals surface area contributed by atoms with Crippen LogP contribution in [-0.4, -0.2) is 16.9 Å². The first-order valence-corrected chi connectivity index (χ1v) is 54.3. The van der Waals surface area contributed by atoms with Crippen LogP contribution in [-0.2, 0) is 0 Å². The van der Waals surface area contributed by atoms with Crippen molar-refractivity contribution >= 4 is 248 Å². The molecule has 0 aliphatic heterocycles. The molecular formula is C132H89N4O4Si2. The number of nitrogens with zero attached hydrogens (tertiary/aromatic N) is 4. The first kappa shape index (κ1) is 82.5. The molecule has 0 saturated heterocycles. The topological polar surface area (TPSA) is 65.5 Å². The van der Waals surface area contributed by atoms with E-state index in [-0.39, 0.29) is 0 Å². The number of fused-ring (bicyclic) bond motifs is 12. The average Bonchev–Trinajstić information content (AvgIpc) is 1.19. The van der Waals surface area contributed by atoms with Crippen molar-refractivity contribution in [1.82, 2.24) is 0 Å². The second kappa shape index (κ2) is 33.0. The molecule has 0 aliphatic carbocycles. The summed E-state index contributed by atoms with van der Waals surface area (Å²) in [5.41, 5.74) is 29.0. The van der Waals surface area contributed by atoms with Gasteiger partial charge in [0.1, 0.15) is 22.3 Å². The van der Waals surface area contributed by atoms with E-state index in [1.807, 2.05) is 0 Å². The monoisotopic (exact) mass is 1850 g/mol. The van der Waals surface area contributed by atoms with E-state index in [9.17, 15) is 0 Å². The first-order valence-electron chi connectivity index (χ1n) is 48.9. The Morgan fingerprint density at radius 1 is 0.190 bits per heavy atom. The van der Waals surface area contributed by atoms with Crippen LogP contribution in [0.15, 0.2) is 491 Å². The summed E-state index contributed by atoms with van der Waals surface area (Å²) in [5.74, 6) is 0. The highest BCUT2D eigenvalue weighted by molar-refractivity contribution is 6.99. The zero-order valence-electron chi connectivity index (χ0n) is 78.2. The Kier molecular flexibility index (Phi) is 19.1. The van der Waals surface area contributed by atoms with Crippen molar-refractivity contribution in [2.75, 3.05) is 19.6 Å². The molecule has 0 unspecified atom stereocenters. The number of benzene rings is 24. The van der Waals surface area contributed by atoms with E-state index in [0.717, 1.165) is 249 Å². The summed E-state index contributed by atoms with van der Waals surface area (Å²) in [4.78, 5) is 9.85. The van der Waals surface area contributed by atoms with Crippen molar-refractivity contribution in [2.24, 2.45) is 0 Å². The van der Waals surface area contributed by atoms with Crippen molar-refractivity contribution in [2.45, 2.75) is 25.3 Å². The quantitative estimate of drug-likeness (QED) is 0.0552. The van der Waals surface area contributed by atoms with Gasteiger partial charge < -0.3 is 37.3 Å². The number of rotatable bonds is 20. The molecule has 0 bridgehead atoms. The third kappa shape index (κ3) is 13.2. The molecule has 142 heavy (non-hydrogen) atoms. The molecule has 669 valence electrons. The van der Waals surface area contributed by atoms with E-state index < -0.39 is 16.9 Å². The van der Waals surface area contributed by atoms with Crippen LogP contribution in [0.1, 0.15) is 0 Å². The largest absolute Gasteiger partial charge is 0.454 e. The van der Waals surface area contributed by atoms with Crippen LogP contribution in [0, 0.1) is 0 Å². The number of anilines is 12. The smallest absolute Gasteiger partial charge is 0.159 e. The number of para-hydroxylation sites is 12. The van der Waals surface area contributed by atoms with Crippen molar-refractivity contribution in [3.63, 3.8) is 0 Å². The molecule has 0 amide bonds. The first-order chi connectivity index (χ1) is 70.1. The van der Waals surface area contributed by atoms with Crippen LogP contribution >= 0.6 is 0 Å². The minimum Gasteiger partial charge on any atom is -0.454 e. The molecule has 10 heteroatoms. The second-order valence-corrected chi connectivity index (χ2v) is 46.2. The Labute approximate surface area is 822 Å². The van der Waals surface area contributed by atoms with E-state index in [4.69, 9.17) is 17.7 Å². The van der Waals surface area contributed by atoms with Gasteiger partial charge in [-0.05, 0) is 162 Å². The maximum atomic E-state index is 7.12. The predicted octanol–water partition coefficient (Wildman–Crippen LogP) is 37.1. The summed E-state index contributed by atoms with van der Waals surface area (Å²) < 4.78 is 28.2. The van der Waals surface area contributed by atoms with Gasteiger partial charge in [-0.1, -0.05) is 412 Å². The van der Waals surface area contributed by atoms with Gasteiger partial charge >= 0.3 is 0 Å². The van der Waals surface area contributed by atoms with Gasteiger partial charge in [0.2, 0.25) is 0 Å². The van der Waals surface area contributed by atoms with Crippen LogP contribution in [0.2, 0.25) is 25.3 Å². The van der Waals surface area contributed by atoms with Crippen LogP contribution < -0.4 is 30.0 Å². The van der Waals surface area contributed by atoms with E-state index in [2.05, 4.69) is 512 Å². The molecule has 1 radical (unpaired) electrons. The lowest BCUT2D eigenvalue weighted by atomic mass is 9.91. The van der Waals surface area contributed by atoms with Crippen LogP contribution in [0.3, 0.4) is 0 Å². The standard InChI is InChI=1S/C132H89N4O4Si2/c1-141(91-70-58-85(59-71-91)95-36-12-20-48-111(95)135(119-52-28-44-103-99-40-16-24-56-123(99)139-131(103)119)115-80-68-89-62-74-105-113(78-66-87-64-76-107(115)127(89)125(87)105)133(109-46-18-10-34-93(109)83-30-6-4-7-31-83)117-50-26-42-101-97-38-14-22-54-121(97)137-129(101)117)82-142(2,3)92-72-60-86(61-73-92)96-37-13-21-49-112(96)136(120-53-29-45-104-100-41-17-25-57-124(100)140-132(104)120)116-81-69-90-63-75-106-114(79-67-88-65-77-108(116)128(90)126(88)106)134(110-47-19-11-35-94(110)84-32-8-5-9-33-84)118-51-27-43-102-98-39-15-23-55-122(98)138-130(102)118/h4-81H,82H2,1-3H3. The normalized spacial score (nSPS) is 12.1. The summed E-state index contributed by atoms with van der Waals surface area (Å²) in [7, 11) is -3.22. The van der Waals surface area contributed by atoms with Crippen LogP contribution in [0.5, 0.6) is 0 Å². The maximum Gasteiger partial charge on any atom is 0.159 e. The van der Waals surface area contributed by atoms with Crippen LogP contribution in [0.25, 0.3) is 197 Å². The van der Waals surface area contributed by atoms with Gasteiger partial charge in [-0.15, -0.1) is 0 Å². The molecule has 28 aromatic rings. The molecule has 4 heterocycles. The van der Waals surface area contributed by atoms with Crippen molar-refractivity contribution in [3.05, 3.63) is 473 Å². The number of hydrogen-bond acceptors (Lipinski definition) is 8. The molecule has 0 N–H and O–H groups in total. The van der Waals surface area contributed by atoms with Gasteiger partial charge in [-0.2, -0.15) is 0 Å². The fourth-order valence-corrected chi connectivity index (χ4v) is 32.0. The molecule has 24 aromatic carbocycles. The van der Waals surface area contributed by atoms with Gasteiger partial charge in [0.25, 0.3) is 0 Å². The fraction of sp³-hybridized carbons (Fsp3) is 0.0303. The van der Waals surface area contributed by atoms with Gasteiger partial charge in [-0.25, -0.2) is 0 Å². The van der Waals surface area contributed by atoms with E-state index in [1.165, 1.54) is 31.9 Å². The Morgan fingerprint density at radius 2 is 0.423 bits per heavy atom. The lowest BCUT2D eigenvalue weighted by Gasteiger charge is -2.31. The minimum absolute atomic E-state index is 0.825. The summed E-state index contributed by atoms with van der Waals surface area (Å²) in [6.45, 7) is 7.68. The molecule has 0 aliphatic rings. The highest BCUT2D eigenvalue weighted by Gasteiger charge is 2.34. The fourth-order valence-electron chi connectivity index (χ4n) is 23.3. The van der Waals surface area contributed by atoms with Crippen molar-refractivity contribution in [1.29, 1.82) is 0 Å². The van der Waals surface area contributed by atoms with E-state index >= 15 is 0 Å². The average molecular weight is 1850 g/mol. The summed E-state index contributed by atoms with van der Waals surface area (Å²) in [6.07, 6.45) is 0. The van der Waals surface area contributed by atoms with Crippen LogP contribution in [0.4, 0.5) is 68.2 Å². The highest BCUT2D eigenvalue weighted by atomic mass is 28.4. The Morgan fingerprint density at radius 3 is 0.718 bits per heavy atom. The summed E-state index contributed by atoms with van der Waals surface area (Å²) in [5, 5.41) is 25.3. The molecular weight excluding hydrogens is 1760 g/mol. The van der Waals surface area contributed by atoms with Gasteiger partial charge in [0, 0.05) is 86.9 Å².